The lowest BCUT2D eigenvalue weighted by Gasteiger charge is -2.15. The molecule has 0 spiro atoms. The summed E-state index contributed by atoms with van der Waals surface area (Å²) in [6, 6.07) is 15.4. The highest BCUT2D eigenvalue weighted by molar-refractivity contribution is 6.07. The lowest BCUT2D eigenvalue weighted by atomic mass is 10.0. The molecule has 1 aliphatic carbocycles. The van der Waals surface area contributed by atoms with Crippen molar-refractivity contribution < 1.29 is 14.3 Å². The number of fused-ring (bicyclic) bond motifs is 1. The van der Waals surface area contributed by atoms with E-state index >= 15 is 0 Å². The van der Waals surface area contributed by atoms with E-state index in [1.54, 1.807) is 14.2 Å². The Morgan fingerprint density at radius 1 is 1.07 bits per heavy atom. The van der Waals surface area contributed by atoms with Crippen molar-refractivity contribution in [3.8, 4) is 22.8 Å². The first-order valence-corrected chi connectivity index (χ1v) is 9.53. The Labute approximate surface area is 164 Å². The van der Waals surface area contributed by atoms with E-state index in [1.807, 2.05) is 48.5 Å². The number of ether oxygens (including phenoxy) is 2. The average Bonchev–Trinajstić information content (AvgIpc) is 3.57. The van der Waals surface area contributed by atoms with Gasteiger partial charge < -0.3 is 14.8 Å². The van der Waals surface area contributed by atoms with E-state index in [9.17, 15) is 4.79 Å². The van der Waals surface area contributed by atoms with Gasteiger partial charge in [0.05, 0.1) is 31.0 Å². The first kappa shape index (κ1) is 18.3. The first-order valence-electron chi connectivity index (χ1n) is 9.53. The number of carbonyl (C=O) groups is 1. The summed E-state index contributed by atoms with van der Waals surface area (Å²) in [5, 5.41) is 4.01. The molecular formula is C23H24N2O3. The number of nitrogens with zero attached hydrogens (tertiary/aromatic N) is 1. The lowest BCUT2D eigenvalue weighted by molar-refractivity contribution is 0.0937. The summed E-state index contributed by atoms with van der Waals surface area (Å²) >= 11 is 0. The zero-order valence-corrected chi connectivity index (χ0v) is 16.4. The van der Waals surface area contributed by atoms with Gasteiger partial charge in [-0.05, 0) is 56.0 Å². The second-order valence-electron chi connectivity index (χ2n) is 7.24. The van der Waals surface area contributed by atoms with Gasteiger partial charge in [-0.15, -0.1) is 0 Å². The summed E-state index contributed by atoms with van der Waals surface area (Å²) in [5.74, 6) is 1.83. The predicted molar refractivity (Wildman–Crippen MR) is 110 cm³/mol. The molecule has 1 unspecified atom stereocenters. The molecule has 28 heavy (non-hydrogen) atoms. The topological polar surface area (TPSA) is 60.5 Å². The van der Waals surface area contributed by atoms with Crippen molar-refractivity contribution in [3.63, 3.8) is 0 Å². The van der Waals surface area contributed by atoms with Gasteiger partial charge in [0.1, 0.15) is 0 Å². The summed E-state index contributed by atoms with van der Waals surface area (Å²) in [7, 11) is 3.21. The standard InChI is InChI=1S/C23H24N2O3/c1-14(15-8-9-15)24-23(26)18-13-20(25-19-7-5-4-6-17(18)19)16-10-11-21(27-2)22(12-16)28-3/h4-7,10-15H,8-9H2,1-3H3,(H,24,26). The van der Waals surface area contributed by atoms with Crippen LogP contribution in [0.2, 0.25) is 0 Å². The average molecular weight is 376 g/mol. The molecular weight excluding hydrogens is 352 g/mol. The van der Waals surface area contributed by atoms with Gasteiger partial charge in [0.2, 0.25) is 0 Å². The molecule has 1 amide bonds. The van der Waals surface area contributed by atoms with Crippen LogP contribution in [0.25, 0.3) is 22.2 Å². The fourth-order valence-electron chi connectivity index (χ4n) is 3.51. The largest absolute Gasteiger partial charge is 0.493 e. The molecule has 5 nitrogen and oxygen atoms in total. The van der Waals surface area contributed by atoms with Crippen molar-refractivity contribution in [1.29, 1.82) is 0 Å². The van der Waals surface area contributed by atoms with Gasteiger partial charge in [-0.2, -0.15) is 0 Å². The van der Waals surface area contributed by atoms with Gasteiger partial charge in [0, 0.05) is 17.0 Å². The molecule has 0 aliphatic heterocycles. The quantitative estimate of drug-likeness (QED) is 0.691. The molecule has 0 radical (unpaired) electrons. The third-order valence-corrected chi connectivity index (χ3v) is 5.33. The Kier molecular flexibility index (Phi) is 4.90. The van der Waals surface area contributed by atoms with Crippen molar-refractivity contribution in [2.75, 3.05) is 14.2 Å². The molecule has 1 atom stereocenters. The van der Waals surface area contributed by atoms with Crippen molar-refractivity contribution in [2.24, 2.45) is 5.92 Å². The number of hydrogen-bond acceptors (Lipinski definition) is 4. The van der Waals surface area contributed by atoms with Gasteiger partial charge in [-0.3, -0.25) is 4.79 Å². The molecule has 4 rings (SSSR count). The van der Waals surface area contributed by atoms with Crippen LogP contribution in [-0.4, -0.2) is 31.2 Å². The summed E-state index contributed by atoms with van der Waals surface area (Å²) in [6.45, 7) is 2.08. The Bertz CT molecular complexity index is 1030. The van der Waals surface area contributed by atoms with Crippen LogP contribution in [-0.2, 0) is 0 Å². The zero-order valence-electron chi connectivity index (χ0n) is 16.4. The van der Waals surface area contributed by atoms with E-state index in [0.29, 0.717) is 23.0 Å². The Balaban J connectivity index is 1.78. The van der Waals surface area contributed by atoms with Crippen LogP contribution in [0.4, 0.5) is 0 Å². The van der Waals surface area contributed by atoms with E-state index in [0.717, 1.165) is 22.2 Å². The van der Waals surface area contributed by atoms with Crippen LogP contribution in [0.15, 0.2) is 48.5 Å². The van der Waals surface area contributed by atoms with Crippen molar-refractivity contribution in [1.82, 2.24) is 10.3 Å². The molecule has 1 aliphatic rings. The van der Waals surface area contributed by atoms with Crippen LogP contribution < -0.4 is 14.8 Å². The summed E-state index contributed by atoms with van der Waals surface area (Å²) in [6.07, 6.45) is 2.38. The number of pyridine rings is 1. The maximum Gasteiger partial charge on any atom is 0.252 e. The molecule has 1 saturated carbocycles. The number of nitrogens with one attached hydrogen (secondary N) is 1. The number of benzene rings is 2. The Hall–Kier alpha value is -3.08. The molecule has 1 heterocycles. The number of carbonyl (C=O) groups excluding carboxylic acids is 1. The minimum Gasteiger partial charge on any atom is -0.493 e. The van der Waals surface area contributed by atoms with Crippen LogP contribution in [0.1, 0.15) is 30.1 Å². The summed E-state index contributed by atoms with van der Waals surface area (Å²) < 4.78 is 10.7. The van der Waals surface area contributed by atoms with Crippen LogP contribution >= 0.6 is 0 Å². The normalized spacial score (nSPS) is 14.5. The van der Waals surface area contributed by atoms with Gasteiger partial charge in [0.25, 0.3) is 5.91 Å². The van der Waals surface area contributed by atoms with Gasteiger partial charge in [-0.25, -0.2) is 4.98 Å². The molecule has 1 fully saturated rings. The van der Waals surface area contributed by atoms with E-state index in [-0.39, 0.29) is 11.9 Å². The van der Waals surface area contributed by atoms with Gasteiger partial charge in [-0.1, -0.05) is 18.2 Å². The summed E-state index contributed by atoms with van der Waals surface area (Å²) in [5.41, 5.74) is 3.03. The second-order valence-corrected chi connectivity index (χ2v) is 7.24. The molecule has 2 aromatic carbocycles. The SMILES string of the molecule is COc1ccc(-c2cc(C(=O)NC(C)C3CC3)c3ccccc3n2)cc1OC. The fraction of sp³-hybridized carbons (Fsp3) is 0.304. The third kappa shape index (κ3) is 3.52. The minimum atomic E-state index is -0.0558. The highest BCUT2D eigenvalue weighted by Crippen LogP contribution is 2.34. The molecule has 1 N–H and O–H groups in total. The van der Waals surface area contributed by atoms with E-state index in [1.165, 1.54) is 12.8 Å². The van der Waals surface area contributed by atoms with E-state index in [2.05, 4.69) is 12.2 Å². The van der Waals surface area contributed by atoms with Crippen LogP contribution in [0, 0.1) is 5.92 Å². The maximum atomic E-state index is 13.0. The van der Waals surface area contributed by atoms with E-state index < -0.39 is 0 Å². The number of rotatable bonds is 6. The number of hydrogen-bond donors (Lipinski definition) is 1. The van der Waals surface area contributed by atoms with Crippen molar-refractivity contribution in [2.45, 2.75) is 25.8 Å². The van der Waals surface area contributed by atoms with E-state index in [4.69, 9.17) is 14.5 Å². The number of methoxy groups -OCH3 is 2. The number of amides is 1. The Morgan fingerprint density at radius 2 is 1.82 bits per heavy atom. The molecule has 144 valence electrons. The highest BCUT2D eigenvalue weighted by atomic mass is 16.5. The predicted octanol–water partition coefficient (Wildman–Crippen LogP) is 4.45. The van der Waals surface area contributed by atoms with Gasteiger partial charge in [0.15, 0.2) is 11.5 Å². The van der Waals surface area contributed by atoms with Crippen molar-refractivity contribution >= 4 is 16.8 Å². The number of aromatic nitrogens is 1. The third-order valence-electron chi connectivity index (χ3n) is 5.33. The highest BCUT2D eigenvalue weighted by Gasteiger charge is 2.29. The lowest BCUT2D eigenvalue weighted by Crippen LogP contribution is -2.34. The molecule has 5 heteroatoms. The second kappa shape index (κ2) is 7.50. The first-order chi connectivity index (χ1) is 13.6. The van der Waals surface area contributed by atoms with Gasteiger partial charge >= 0.3 is 0 Å². The minimum absolute atomic E-state index is 0.0558. The maximum absolute atomic E-state index is 13.0. The van der Waals surface area contributed by atoms with Crippen LogP contribution in [0.3, 0.4) is 0 Å². The molecule has 1 aromatic heterocycles. The summed E-state index contributed by atoms with van der Waals surface area (Å²) in [4.78, 5) is 17.8. The van der Waals surface area contributed by atoms with Crippen LogP contribution in [0.5, 0.6) is 11.5 Å². The Morgan fingerprint density at radius 3 is 2.54 bits per heavy atom. The van der Waals surface area contributed by atoms with Crippen molar-refractivity contribution in [3.05, 3.63) is 54.1 Å². The smallest absolute Gasteiger partial charge is 0.252 e. The fourth-order valence-corrected chi connectivity index (χ4v) is 3.51. The number of para-hydroxylation sites is 1. The molecule has 0 bridgehead atoms. The molecule has 0 saturated heterocycles. The zero-order chi connectivity index (χ0) is 19.7. The molecule has 3 aromatic rings. The monoisotopic (exact) mass is 376 g/mol.